The molecule has 0 spiro atoms. The quantitative estimate of drug-likeness (QED) is 0.805. The number of imide groups is 1. The van der Waals surface area contributed by atoms with Crippen molar-refractivity contribution in [2.45, 2.75) is 32.6 Å². The van der Waals surface area contributed by atoms with E-state index in [1.165, 1.54) is 5.56 Å². The molecule has 1 aliphatic heterocycles. The Morgan fingerprint density at radius 2 is 1.58 bits per heavy atom. The monoisotopic (exact) mass is 350 g/mol. The molecule has 134 valence electrons. The van der Waals surface area contributed by atoms with Crippen molar-refractivity contribution in [2.75, 3.05) is 11.9 Å². The zero-order valence-electron chi connectivity index (χ0n) is 15.0. The van der Waals surface area contributed by atoms with Gasteiger partial charge in [0.15, 0.2) is 0 Å². The van der Waals surface area contributed by atoms with Crippen molar-refractivity contribution in [1.29, 1.82) is 0 Å². The largest absolute Gasteiger partial charge is 0.326 e. The van der Waals surface area contributed by atoms with Crippen molar-refractivity contribution < 1.29 is 14.4 Å². The van der Waals surface area contributed by atoms with Gasteiger partial charge in [0.05, 0.1) is 11.1 Å². The van der Waals surface area contributed by atoms with Gasteiger partial charge >= 0.3 is 0 Å². The van der Waals surface area contributed by atoms with Crippen LogP contribution in [-0.2, 0) is 4.79 Å². The van der Waals surface area contributed by atoms with E-state index in [2.05, 4.69) is 19.2 Å². The number of nitrogens with zero attached hydrogens (tertiary/aromatic N) is 1. The summed E-state index contributed by atoms with van der Waals surface area (Å²) < 4.78 is 0. The van der Waals surface area contributed by atoms with Crippen molar-refractivity contribution >= 4 is 23.4 Å². The van der Waals surface area contributed by atoms with Crippen molar-refractivity contribution in [3.05, 3.63) is 65.2 Å². The maximum absolute atomic E-state index is 12.3. The van der Waals surface area contributed by atoms with E-state index in [1.807, 2.05) is 24.3 Å². The summed E-state index contributed by atoms with van der Waals surface area (Å²) in [6.07, 6.45) is 1.13. The molecule has 3 rings (SSSR count). The van der Waals surface area contributed by atoms with Crippen LogP contribution >= 0.6 is 0 Å². The van der Waals surface area contributed by atoms with Crippen LogP contribution in [0.2, 0.25) is 0 Å². The van der Waals surface area contributed by atoms with E-state index in [1.54, 1.807) is 24.3 Å². The fourth-order valence-corrected chi connectivity index (χ4v) is 3.01. The number of fused-ring (bicyclic) bond motifs is 1. The van der Waals surface area contributed by atoms with Crippen LogP contribution in [0.4, 0.5) is 5.69 Å². The first-order chi connectivity index (χ1) is 12.5. The Balaban J connectivity index is 1.57. The van der Waals surface area contributed by atoms with Crippen LogP contribution in [0.1, 0.15) is 58.9 Å². The van der Waals surface area contributed by atoms with Gasteiger partial charge in [-0.05, 0) is 42.2 Å². The standard InChI is InChI=1S/C21H22N2O3/c1-3-14(2)15-8-10-16(11-9-15)22-19(24)12-13-23-20(25)17-6-4-5-7-18(17)21(23)26/h4-11,14H,3,12-13H2,1-2H3,(H,22,24). The topological polar surface area (TPSA) is 66.5 Å². The summed E-state index contributed by atoms with van der Waals surface area (Å²) in [5, 5.41) is 2.81. The summed E-state index contributed by atoms with van der Waals surface area (Å²) in [5.41, 5.74) is 2.75. The molecule has 0 fully saturated rings. The first-order valence-corrected chi connectivity index (χ1v) is 8.86. The van der Waals surface area contributed by atoms with Gasteiger partial charge in [0, 0.05) is 18.7 Å². The minimum Gasteiger partial charge on any atom is -0.326 e. The molecule has 5 heteroatoms. The summed E-state index contributed by atoms with van der Waals surface area (Å²) in [6, 6.07) is 14.5. The lowest BCUT2D eigenvalue weighted by molar-refractivity contribution is -0.116. The maximum Gasteiger partial charge on any atom is 0.261 e. The molecule has 1 N–H and O–H groups in total. The molecule has 3 amide bonds. The lowest BCUT2D eigenvalue weighted by atomic mass is 9.99. The molecule has 26 heavy (non-hydrogen) atoms. The van der Waals surface area contributed by atoms with Crippen LogP contribution in [0.5, 0.6) is 0 Å². The van der Waals surface area contributed by atoms with E-state index in [4.69, 9.17) is 0 Å². The summed E-state index contributed by atoms with van der Waals surface area (Å²) in [5.74, 6) is -0.418. The molecule has 0 radical (unpaired) electrons. The molecular weight excluding hydrogens is 328 g/mol. The highest BCUT2D eigenvalue weighted by Crippen LogP contribution is 2.23. The Morgan fingerprint density at radius 3 is 2.12 bits per heavy atom. The van der Waals surface area contributed by atoms with Gasteiger partial charge in [0.1, 0.15) is 0 Å². The number of anilines is 1. The molecule has 1 heterocycles. The zero-order valence-corrected chi connectivity index (χ0v) is 15.0. The van der Waals surface area contributed by atoms with Crippen molar-refractivity contribution in [3.8, 4) is 0 Å². The van der Waals surface area contributed by atoms with E-state index >= 15 is 0 Å². The third-order valence-electron chi connectivity index (χ3n) is 4.82. The van der Waals surface area contributed by atoms with Gasteiger partial charge in [-0.3, -0.25) is 19.3 Å². The van der Waals surface area contributed by atoms with Crippen LogP contribution in [0.3, 0.4) is 0 Å². The first-order valence-electron chi connectivity index (χ1n) is 8.86. The van der Waals surface area contributed by atoms with E-state index in [0.29, 0.717) is 22.7 Å². The van der Waals surface area contributed by atoms with E-state index in [9.17, 15) is 14.4 Å². The Kier molecular flexibility index (Phi) is 5.16. The Hall–Kier alpha value is -2.95. The minimum absolute atomic E-state index is 0.0680. The minimum atomic E-state index is -0.337. The van der Waals surface area contributed by atoms with Gasteiger partial charge in [-0.1, -0.05) is 38.1 Å². The van der Waals surface area contributed by atoms with Crippen LogP contribution in [0, 0.1) is 0 Å². The first kappa shape index (κ1) is 17.9. The average Bonchev–Trinajstić information content (AvgIpc) is 2.91. The molecule has 0 aromatic heterocycles. The smallest absolute Gasteiger partial charge is 0.261 e. The number of rotatable bonds is 6. The van der Waals surface area contributed by atoms with E-state index < -0.39 is 0 Å². The molecule has 0 saturated heterocycles. The van der Waals surface area contributed by atoms with Crippen LogP contribution < -0.4 is 5.32 Å². The van der Waals surface area contributed by atoms with Gasteiger partial charge in [-0.15, -0.1) is 0 Å². The molecule has 0 saturated carbocycles. The van der Waals surface area contributed by atoms with E-state index in [0.717, 1.165) is 11.3 Å². The summed E-state index contributed by atoms with van der Waals surface area (Å²) in [7, 11) is 0. The lowest BCUT2D eigenvalue weighted by Crippen LogP contribution is -2.32. The number of hydrogen-bond donors (Lipinski definition) is 1. The molecule has 0 bridgehead atoms. The Morgan fingerprint density at radius 1 is 1.00 bits per heavy atom. The number of hydrogen-bond acceptors (Lipinski definition) is 3. The molecule has 2 aromatic rings. The van der Waals surface area contributed by atoms with Gasteiger partial charge in [-0.25, -0.2) is 0 Å². The molecule has 1 atom stereocenters. The van der Waals surface area contributed by atoms with Crippen molar-refractivity contribution in [3.63, 3.8) is 0 Å². The molecule has 0 aliphatic carbocycles. The second-order valence-corrected chi connectivity index (χ2v) is 6.54. The summed E-state index contributed by atoms with van der Waals surface area (Å²) >= 11 is 0. The summed E-state index contributed by atoms with van der Waals surface area (Å²) in [4.78, 5) is 37.9. The van der Waals surface area contributed by atoms with E-state index in [-0.39, 0.29) is 30.7 Å². The molecule has 2 aromatic carbocycles. The van der Waals surface area contributed by atoms with Crippen LogP contribution in [0.25, 0.3) is 0 Å². The predicted octanol–water partition coefficient (Wildman–Crippen LogP) is 3.82. The normalized spacial score (nSPS) is 14.3. The third kappa shape index (κ3) is 3.52. The number of benzene rings is 2. The SMILES string of the molecule is CCC(C)c1ccc(NC(=O)CCN2C(=O)c3ccccc3C2=O)cc1. The fourth-order valence-electron chi connectivity index (χ4n) is 3.01. The second kappa shape index (κ2) is 7.52. The fraction of sp³-hybridized carbons (Fsp3) is 0.286. The second-order valence-electron chi connectivity index (χ2n) is 6.54. The average molecular weight is 350 g/mol. The molecule has 1 aliphatic rings. The van der Waals surface area contributed by atoms with Gasteiger partial charge in [0.25, 0.3) is 11.8 Å². The van der Waals surface area contributed by atoms with Crippen molar-refractivity contribution in [2.24, 2.45) is 0 Å². The summed E-state index contributed by atoms with van der Waals surface area (Å²) in [6.45, 7) is 4.37. The number of carbonyl (C=O) groups excluding carboxylic acids is 3. The number of amides is 3. The van der Waals surface area contributed by atoms with Gasteiger partial charge in [0.2, 0.25) is 5.91 Å². The number of carbonyl (C=O) groups is 3. The highest BCUT2D eigenvalue weighted by Gasteiger charge is 2.34. The maximum atomic E-state index is 12.3. The highest BCUT2D eigenvalue weighted by molar-refractivity contribution is 6.21. The lowest BCUT2D eigenvalue weighted by Gasteiger charge is -2.14. The van der Waals surface area contributed by atoms with Crippen LogP contribution in [-0.4, -0.2) is 29.2 Å². The molecular formula is C21H22N2O3. The Labute approximate surface area is 153 Å². The molecule has 1 unspecified atom stereocenters. The van der Waals surface area contributed by atoms with Crippen LogP contribution in [0.15, 0.2) is 48.5 Å². The zero-order chi connectivity index (χ0) is 18.7. The van der Waals surface area contributed by atoms with Gasteiger partial charge in [-0.2, -0.15) is 0 Å². The number of nitrogens with one attached hydrogen (secondary N) is 1. The van der Waals surface area contributed by atoms with Gasteiger partial charge < -0.3 is 5.32 Å². The molecule has 5 nitrogen and oxygen atoms in total. The third-order valence-corrected chi connectivity index (χ3v) is 4.82. The highest BCUT2D eigenvalue weighted by atomic mass is 16.2. The van der Waals surface area contributed by atoms with Crippen molar-refractivity contribution in [1.82, 2.24) is 4.90 Å². The Bertz CT molecular complexity index is 808. The predicted molar refractivity (Wildman–Crippen MR) is 100 cm³/mol.